The summed E-state index contributed by atoms with van der Waals surface area (Å²) in [7, 11) is 0. The molecule has 150 valence electrons. The van der Waals surface area contributed by atoms with Crippen molar-refractivity contribution >= 4 is 39.9 Å². The van der Waals surface area contributed by atoms with Gasteiger partial charge < -0.3 is 0 Å². The van der Waals surface area contributed by atoms with Gasteiger partial charge in [0.2, 0.25) is 0 Å². The summed E-state index contributed by atoms with van der Waals surface area (Å²) in [6, 6.07) is 24.7. The third-order valence-corrected chi connectivity index (χ3v) is 5.12. The Labute approximate surface area is 186 Å². The number of nitro groups is 1. The van der Waals surface area contributed by atoms with Gasteiger partial charge in [-0.25, -0.2) is 0 Å². The molecule has 0 radical (unpaired) electrons. The number of thiazole rings is 1. The second kappa shape index (κ2) is 9.43. The summed E-state index contributed by atoms with van der Waals surface area (Å²) < 4.78 is 1.84. The van der Waals surface area contributed by atoms with Gasteiger partial charge in [0.05, 0.1) is 10.6 Å². The number of para-hydroxylation sites is 1. The Hall–Kier alpha value is -3.36. The van der Waals surface area contributed by atoms with Gasteiger partial charge in [-0.2, -0.15) is 4.99 Å². The van der Waals surface area contributed by atoms with E-state index in [9.17, 15) is 14.9 Å². The molecule has 0 aliphatic rings. The first kappa shape index (κ1) is 21.4. The number of rotatable bonds is 4. The van der Waals surface area contributed by atoms with E-state index in [0.717, 1.165) is 11.4 Å². The van der Waals surface area contributed by atoms with Gasteiger partial charge in [0.1, 0.15) is 0 Å². The van der Waals surface area contributed by atoms with Crippen LogP contribution in [0.25, 0.3) is 16.9 Å². The minimum atomic E-state index is -0.424. The summed E-state index contributed by atoms with van der Waals surface area (Å²) in [6.45, 7) is 0. The molecule has 0 bridgehead atoms. The Morgan fingerprint density at radius 2 is 1.60 bits per heavy atom. The van der Waals surface area contributed by atoms with E-state index in [4.69, 9.17) is 0 Å². The zero-order valence-corrected chi connectivity index (χ0v) is 18.1. The van der Waals surface area contributed by atoms with E-state index in [1.54, 1.807) is 36.4 Å². The number of aromatic nitrogens is 1. The van der Waals surface area contributed by atoms with Crippen molar-refractivity contribution in [3.05, 3.63) is 111 Å². The molecule has 0 atom stereocenters. The fourth-order valence-corrected chi connectivity index (χ4v) is 3.83. The summed E-state index contributed by atoms with van der Waals surface area (Å²) in [5.74, 6) is -0.345. The Kier molecular flexibility index (Phi) is 6.71. The predicted molar refractivity (Wildman–Crippen MR) is 122 cm³/mol. The van der Waals surface area contributed by atoms with Gasteiger partial charge in [0.15, 0.2) is 4.80 Å². The normalized spacial score (nSPS) is 11.0. The van der Waals surface area contributed by atoms with Crippen molar-refractivity contribution in [2.45, 2.75) is 0 Å². The quantitative estimate of drug-likeness (QED) is 0.287. The predicted octanol–water partition coefficient (Wildman–Crippen LogP) is 5.43. The molecule has 1 aromatic heterocycles. The van der Waals surface area contributed by atoms with Crippen molar-refractivity contribution < 1.29 is 9.72 Å². The summed E-state index contributed by atoms with van der Waals surface area (Å²) in [4.78, 5) is 28.2. The van der Waals surface area contributed by atoms with Crippen LogP contribution in [0.15, 0.2) is 95.3 Å². The highest BCUT2D eigenvalue weighted by Gasteiger charge is 2.14. The van der Waals surface area contributed by atoms with E-state index in [-0.39, 0.29) is 28.6 Å². The van der Waals surface area contributed by atoms with Crippen molar-refractivity contribution in [1.82, 2.24) is 4.57 Å². The first-order valence-electron chi connectivity index (χ1n) is 8.78. The van der Waals surface area contributed by atoms with Gasteiger partial charge in [-0.3, -0.25) is 19.5 Å². The minimum absolute atomic E-state index is 0. The van der Waals surface area contributed by atoms with E-state index in [0.29, 0.717) is 15.9 Å². The number of hydrogen-bond acceptors (Lipinski definition) is 4. The fraction of sp³-hybridized carbons (Fsp3) is 0. The maximum Gasteiger partial charge on any atom is 0.279 e. The number of halogens is 1. The van der Waals surface area contributed by atoms with Crippen LogP contribution in [0.1, 0.15) is 10.4 Å². The van der Waals surface area contributed by atoms with Crippen molar-refractivity contribution in [3.8, 4) is 16.9 Å². The van der Waals surface area contributed by atoms with Crippen molar-refractivity contribution in [3.63, 3.8) is 0 Å². The highest BCUT2D eigenvalue weighted by atomic mass is 79.9. The molecule has 0 saturated heterocycles. The van der Waals surface area contributed by atoms with Crippen LogP contribution in [0.5, 0.6) is 0 Å². The van der Waals surface area contributed by atoms with Gasteiger partial charge in [-0.1, -0.05) is 48.5 Å². The monoisotopic (exact) mass is 481 g/mol. The van der Waals surface area contributed by atoms with Crippen LogP contribution in [0.2, 0.25) is 0 Å². The molecule has 0 unspecified atom stereocenters. The molecule has 6 nitrogen and oxygen atoms in total. The first-order chi connectivity index (χ1) is 14.1. The maximum absolute atomic E-state index is 12.6. The van der Waals surface area contributed by atoms with E-state index < -0.39 is 4.92 Å². The molecule has 0 aliphatic heterocycles. The number of benzene rings is 3. The summed E-state index contributed by atoms with van der Waals surface area (Å²) in [6.07, 6.45) is 0. The van der Waals surface area contributed by atoms with Crippen LogP contribution in [0.3, 0.4) is 0 Å². The Morgan fingerprint density at radius 3 is 2.27 bits per heavy atom. The van der Waals surface area contributed by atoms with Crippen LogP contribution in [0, 0.1) is 10.1 Å². The van der Waals surface area contributed by atoms with E-state index >= 15 is 0 Å². The zero-order valence-electron chi connectivity index (χ0n) is 15.5. The molecule has 30 heavy (non-hydrogen) atoms. The molecule has 1 amide bonds. The van der Waals surface area contributed by atoms with Crippen LogP contribution < -0.4 is 4.80 Å². The molecule has 0 N–H and O–H groups in total. The largest absolute Gasteiger partial charge is 0.285 e. The minimum Gasteiger partial charge on any atom is -0.285 e. The fourth-order valence-electron chi connectivity index (χ4n) is 2.93. The van der Waals surface area contributed by atoms with Crippen molar-refractivity contribution in [2.24, 2.45) is 4.99 Å². The molecule has 0 aliphatic carbocycles. The molecular weight excluding hydrogens is 466 g/mol. The molecule has 0 saturated carbocycles. The molecule has 1 heterocycles. The lowest BCUT2D eigenvalue weighted by Gasteiger charge is -2.09. The lowest BCUT2D eigenvalue weighted by atomic mass is 10.1. The van der Waals surface area contributed by atoms with Gasteiger partial charge >= 0.3 is 0 Å². The average Bonchev–Trinajstić information content (AvgIpc) is 3.18. The molecule has 4 aromatic rings. The summed E-state index contributed by atoms with van der Waals surface area (Å²) in [5.41, 5.74) is 2.72. The van der Waals surface area contributed by atoms with Crippen molar-refractivity contribution in [2.75, 3.05) is 0 Å². The maximum atomic E-state index is 12.6. The summed E-state index contributed by atoms with van der Waals surface area (Å²) >= 11 is 1.31. The molecule has 0 fully saturated rings. The first-order valence-corrected chi connectivity index (χ1v) is 9.66. The van der Waals surface area contributed by atoms with Crippen LogP contribution in [-0.2, 0) is 0 Å². The van der Waals surface area contributed by atoms with Gasteiger partial charge in [0.25, 0.3) is 11.6 Å². The zero-order chi connectivity index (χ0) is 20.2. The van der Waals surface area contributed by atoms with E-state index in [2.05, 4.69) is 4.99 Å². The third kappa shape index (κ3) is 4.45. The van der Waals surface area contributed by atoms with Crippen molar-refractivity contribution in [1.29, 1.82) is 0 Å². The standard InChI is InChI=1S/C22H15N3O3S.BrH/c26-21(16-8-3-1-4-9-16)23-22-24(18-11-5-2-6-12-18)20(15-29-22)17-10-7-13-19(14-17)25(27)28;/h1-15H;1H. The smallest absolute Gasteiger partial charge is 0.279 e. The number of non-ortho nitro benzene ring substituents is 1. The number of carbonyl (C=O) groups excluding carboxylic acids is 1. The van der Waals surface area contributed by atoms with Crippen LogP contribution >= 0.6 is 28.3 Å². The number of hydrogen-bond donors (Lipinski definition) is 0. The molecule has 4 rings (SSSR count). The molecule has 3 aromatic carbocycles. The SMILES string of the molecule is Br.O=C(N=c1scc(-c2cccc([N+](=O)[O-])c2)n1-c1ccccc1)c1ccccc1. The lowest BCUT2D eigenvalue weighted by Crippen LogP contribution is -2.16. The second-order valence-corrected chi connectivity index (χ2v) is 7.00. The number of nitrogens with zero attached hydrogens (tertiary/aromatic N) is 3. The molecular formula is C22H16BrN3O3S. The highest BCUT2D eigenvalue weighted by molar-refractivity contribution is 8.93. The average molecular weight is 482 g/mol. The molecule has 0 spiro atoms. The van der Waals surface area contributed by atoms with Gasteiger partial charge in [-0.05, 0) is 24.3 Å². The Morgan fingerprint density at radius 1 is 0.933 bits per heavy atom. The van der Waals surface area contributed by atoms with Gasteiger partial charge in [0, 0.05) is 34.3 Å². The van der Waals surface area contributed by atoms with Crippen LogP contribution in [-0.4, -0.2) is 15.4 Å². The highest BCUT2D eigenvalue weighted by Crippen LogP contribution is 2.26. The van der Waals surface area contributed by atoms with E-state index in [1.807, 2.05) is 46.3 Å². The lowest BCUT2D eigenvalue weighted by molar-refractivity contribution is -0.384. The van der Waals surface area contributed by atoms with E-state index in [1.165, 1.54) is 23.5 Å². The Bertz CT molecular complexity index is 1250. The summed E-state index contributed by atoms with van der Waals surface area (Å²) in [5, 5.41) is 13.0. The van der Waals surface area contributed by atoms with Crippen LogP contribution in [0.4, 0.5) is 5.69 Å². The number of carbonyl (C=O) groups is 1. The molecule has 8 heteroatoms. The Balaban J connectivity index is 0.00000256. The number of amides is 1. The second-order valence-electron chi connectivity index (χ2n) is 6.16. The van der Waals surface area contributed by atoms with Gasteiger partial charge in [-0.15, -0.1) is 28.3 Å². The third-order valence-electron chi connectivity index (χ3n) is 4.29. The number of nitro benzene ring substituents is 1. The topological polar surface area (TPSA) is 77.5 Å².